The van der Waals surface area contributed by atoms with Gasteiger partial charge in [0.1, 0.15) is 0 Å². The molecule has 0 amide bonds. The molecular formula is C17H25N3. The van der Waals surface area contributed by atoms with E-state index < -0.39 is 0 Å². The van der Waals surface area contributed by atoms with Gasteiger partial charge in [-0.15, -0.1) is 0 Å². The standard InChI is InChI=1S/C17H25N3/c1-6-18-11-13-8-7-9-14(10-13)15-12-20(5)19-16(15)17(2,3)4/h7-10,12,18H,6,11H2,1-5H3. The summed E-state index contributed by atoms with van der Waals surface area (Å²) in [5.74, 6) is 0. The molecule has 3 nitrogen and oxygen atoms in total. The molecule has 3 heteroatoms. The van der Waals surface area contributed by atoms with Crippen LogP contribution in [0.1, 0.15) is 39.0 Å². The Kier molecular flexibility index (Phi) is 4.29. The first kappa shape index (κ1) is 14.8. The monoisotopic (exact) mass is 271 g/mol. The molecule has 0 radical (unpaired) electrons. The van der Waals surface area contributed by atoms with Crippen LogP contribution in [-0.4, -0.2) is 16.3 Å². The molecule has 0 saturated carbocycles. The van der Waals surface area contributed by atoms with Gasteiger partial charge in [-0.3, -0.25) is 4.68 Å². The van der Waals surface area contributed by atoms with Crippen molar-refractivity contribution in [3.8, 4) is 11.1 Å². The highest BCUT2D eigenvalue weighted by Crippen LogP contribution is 2.32. The first-order valence-electron chi connectivity index (χ1n) is 7.26. The third-order valence-electron chi connectivity index (χ3n) is 3.36. The molecule has 2 aromatic rings. The summed E-state index contributed by atoms with van der Waals surface area (Å²) in [7, 11) is 1.99. The van der Waals surface area contributed by atoms with Crippen LogP contribution in [0.3, 0.4) is 0 Å². The Morgan fingerprint density at radius 2 is 2.00 bits per heavy atom. The van der Waals surface area contributed by atoms with Gasteiger partial charge in [0.25, 0.3) is 0 Å². The molecule has 2 rings (SSSR count). The third-order valence-corrected chi connectivity index (χ3v) is 3.36. The molecule has 0 saturated heterocycles. The van der Waals surface area contributed by atoms with Crippen molar-refractivity contribution in [1.29, 1.82) is 0 Å². The van der Waals surface area contributed by atoms with Crippen molar-refractivity contribution in [1.82, 2.24) is 15.1 Å². The van der Waals surface area contributed by atoms with Crippen molar-refractivity contribution in [2.45, 2.75) is 39.7 Å². The van der Waals surface area contributed by atoms with Crippen LogP contribution >= 0.6 is 0 Å². The quantitative estimate of drug-likeness (QED) is 0.922. The molecule has 0 bridgehead atoms. The van der Waals surface area contributed by atoms with Crippen molar-refractivity contribution in [2.24, 2.45) is 7.05 Å². The molecule has 0 aliphatic heterocycles. The summed E-state index contributed by atoms with van der Waals surface area (Å²) in [5, 5.41) is 8.02. The summed E-state index contributed by atoms with van der Waals surface area (Å²) in [6.45, 7) is 10.7. The van der Waals surface area contributed by atoms with Gasteiger partial charge in [0.2, 0.25) is 0 Å². The Balaban J connectivity index is 2.41. The van der Waals surface area contributed by atoms with E-state index in [0.29, 0.717) is 0 Å². The fourth-order valence-corrected chi connectivity index (χ4v) is 2.37. The molecular weight excluding hydrogens is 246 g/mol. The Morgan fingerprint density at radius 1 is 1.25 bits per heavy atom. The van der Waals surface area contributed by atoms with Gasteiger partial charge in [0.15, 0.2) is 0 Å². The van der Waals surface area contributed by atoms with Crippen molar-refractivity contribution in [3.63, 3.8) is 0 Å². The van der Waals surface area contributed by atoms with Gasteiger partial charge < -0.3 is 5.32 Å². The first-order valence-corrected chi connectivity index (χ1v) is 7.26. The molecule has 0 fully saturated rings. The van der Waals surface area contributed by atoms with Crippen molar-refractivity contribution in [2.75, 3.05) is 6.54 Å². The fraction of sp³-hybridized carbons (Fsp3) is 0.471. The molecule has 0 aliphatic rings. The van der Waals surface area contributed by atoms with Gasteiger partial charge >= 0.3 is 0 Å². The van der Waals surface area contributed by atoms with Crippen LogP contribution in [0.2, 0.25) is 0 Å². The largest absolute Gasteiger partial charge is 0.313 e. The van der Waals surface area contributed by atoms with E-state index in [2.05, 4.69) is 68.6 Å². The van der Waals surface area contributed by atoms with Crippen LogP contribution < -0.4 is 5.32 Å². The van der Waals surface area contributed by atoms with Gasteiger partial charge in [-0.25, -0.2) is 0 Å². The molecule has 0 aliphatic carbocycles. The second kappa shape index (κ2) is 5.80. The van der Waals surface area contributed by atoms with Crippen LogP contribution in [0.4, 0.5) is 0 Å². The van der Waals surface area contributed by atoms with Gasteiger partial charge in [0.05, 0.1) is 5.69 Å². The van der Waals surface area contributed by atoms with Crippen molar-refractivity contribution >= 4 is 0 Å². The molecule has 1 heterocycles. The average molecular weight is 271 g/mol. The van der Waals surface area contributed by atoms with Crippen molar-refractivity contribution < 1.29 is 0 Å². The zero-order valence-electron chi connectivity index (χ0n) is 13.2. The summed E-state index contributed by atoms with van der Waals surface area (Å²) in [4.78, 5) is 0. The molecule has 1 aromatic heterocycles. The molecule has 108 valence electrons. The van der Waals surface area contributed by atoms with Crippen LogP contribution in [0, 0.1) is 0 Å². The van der Waals surface area contributed by atoms with E-state index >= 15 is 0 Å². The summed E-state index contributed by atoms with van der Waals surface area (Å²) >= 11 is 0. The molecule has 0 atom stereocenters. The normalized spacial score (nSPS) is 11.8. The SMILES string of the molecule is CCNCc1cccc(-c2cn(C)nc2C(C)(C)C)c1. The van der Waals surface area contributed by atoms with Crippen LogP contribution in [0.25, 0.3) is 11.1 Å². The maximum Gasteiger partial charge on any atom is 0.0756 e. The lowest BCUT2D eigenvalue weighted by Crippen LogP contribution is -2.14. The fourth-order valence-electron chi connectivity index (χ4n) is 2.37. The van der Waals surface area contributed by atoms with Crippen molar-refractivity contribution in [3.05, 3.63) is 41.7 Å². The smallest absolute Gasteiger partial charge is 0.0756 e. The minimum atomic E-state index is 0.0499. The Bertz CT molecular complexity index is 576. The first-order chi connectivity index (χ1) is 9.41. The van der Waals surface area contributed by atoms with Gasteiger partial charge in [0, 0.05) is 30.8 Å². The highest BCUT2D eigenvalue weighted by Gasteiger charge is 2.22. The van der Waals surface area contributed by atoms with Crippen LogP contribution in [0.15, 0.2) is 30.5 Å². The number of nitrogens with one attached hydrogen (secondary N) is 1. The molecule has 1 N–H and O–H groups in total. The Labute approximate surface area is 122 Å². The number of hydrogen-bond acceptors (Lipinski definition) is 2. The molecule has 20 heavy (non-hydrogen) atoms. The minimum absolute atomic E-state index is 0.0499. The van der Waals surface area contributed by atoms with E-state index in [1.165, 1.54) is 16.7 Å². The predicted octanol–water partition coefficient (Wildman–Crippen LogP) is 3.49. The number of benzene rings is 1. The topological polar surface area (TPSA) is 29.9 Å². The zero-order valence-corrected chi connectivity index (χ0v) is 13.2. The lowest BCUT2D eigenvalue weighted by molar-refractivity contribution is 0.554. The Hall–Kier alpha value is -1.61. The van der Waals surface area contributed by atoms with Crippen LogP contribution in [-0.2, 0) is 19.0 Å². The highest BCUT2D eigenvalue weighted by atomic mass is 15.3. The number of rotatable bonds is 4. The summed E-state index contributed by atoms with van der Waals surface area (Å²) in [6.07, 6.45) is 2.12. The molecule has 0 spiro atoms. The maximum absolute atomic E-state index is 4.65. The number of aryl methyl sites for hydroxylation is 1. The number of hydrogen-bond donors (Lipinski definition) is 1. The highest BCUT2D eigenvalue weighted by molar-refractivity contribution is 5.67. The third kappa shape index (κ3) is 3.28. The van der Waals surface area contributed by atoms with Gasteiger partial charge in [-0.05, 0) is 23.7 Å². The lowest BCUT2D eigenvalue weighted by atomic mass is 9.87. The van der Waals surface area contributed by atoms with E-state index in [0.717, 1.165) is 18.8 Å². The van der Waals surface area contributed by atoms with E-state index in [4.69, 9.17) is 0 Å². The molecule has 0 unspecified atom stereocenters. The van der Waals surface area contributed by atoms with Gasteiger partial charge in [-0.2, -0.15) is 5.10 Å². The second-order valence-electron chi connectivity index (χ2n) is 6.30. The summed E-state index contributed by atoms with van der Waals surface area (Å²) in [6, 6.07) is 8.72. The zero-order chi connectivity index (χ0) is 14.8. The van der Waals surface area contributed by atoms with E-state index in [-0.39, 0.29) is 5.41 Å². The maximum atomic E-state index is 4.65. The Morgan fingerprint density at radius 3 is 2.65 bits per heavy atom. The van der Waals surface area contributed by atoms with E-state index in [1.54, 1.807) is 0 Å². The van der Waals surface area contributed by atoms with E-state index in [1.807, 2.05) is 11.7 Å². The summed E-state index contributed by atoms with van der Waals surface area (Å²) < 4.78 is 1.91. The molecule has 1 aromatic carbocycles. The second-order valence-corrected chi connectivity index (χ2v) is 6.30. The average Bonchev–Trinajstić information content (AvgIpc) is 2.79. The van der Waals surface area contributed by atoms with Gasteiger partial charge in [-0.1, -0.05) is 45.9 Å². The van der Waals surface area contributed by atoms with E-state index in [9.17, 15) is 0 Å². The predicted molar refractivity (Wildman–Crippen MR) is 84.7 cm³/mol. The summed E-state index contributed by atoms with van der Waals surface area (Å²) in [5.41, 5.74) is 5.00. The van der Waals surface area contributed by atoms with Crippen LogP contribution in [0.5, 0.6) is 0 Å². The minimum Gasteiger partial charge on any atom is -0.313 e. The number of nitrogens with zero attached hydrogens (tertiary/aromatic N) is 2. The number of aromatic nitrogens is 2. The lowest BCUT2D eigenvalue weighted by Gasteiger charge is -2.17.